The summed E-state index contributed by atoms with van der Waals surface area (Å²) in [6.07, 6.45) is 4.06. The minimum Gasteiger partial charge on any atom is -0.356 e. The lowest BCUT2D eigenvalue weighted by Crippen LogP contribution is -2.36. The van der Waals surface area contributed by atoms with E-state index in [1.807, 2.05) is 0 Å². The van der Waals surface area contributed by atoms with Gasteiger partial charge in [-0.2, -0.15) is 0 Å². The lowest BCUT2D eigenvalue weighted by Gasteiger charge is -2.22. The number of aromatic amines is 1. The van der Waals surface area contributed by atoms with E-state index in [9.17, 15) is 4.79 Å². The number of nitrogens with one attached hydrogen (secondary N) is 3. The van der Waals surface area contributed by atoms with Gasteiger partial charge in [-0.05, 0) is 53.8 Å². The third-order valence-corrected chi connectivity index (χ3v) is 3.36. The molecule has 1 aliphatic rings. The van der Waals surface area contributed by atoms with E-state index in [2.05, 4.69) is 31.5 Å². The number of hydrogen-bond acceptors (Lipinski definition) is 2. The quantitative estimate of drug-likeness (QED) is 0.789. The maximum Gasteiger partial charge on any atom is 0.267 e. The van der Waals surface area contributed by atoms with Crippen molar-refractivity contribution in [2.24, 2.45) is 5.92 Å². The van der Waals surface area contributed by atoms with Crippen molar-refractivity contribution in [1.29, 1.82) is 0 Å². The molecule has 16 heavy (non-hydrogen) atoms. The number of halogens is 1. The highest BCUT2D eigenvalue weighted by Gasteiger charge is 2.14. The van der Waals surface area contributed by atoms with Crippen LogP contribution < -0.4 is 10.6 Å². The number of amides is 1. The summed E-state index contributed by atoms with van der Waals surface area (Å²) in [4.78, 5) is 14.6. The van der Waals surface area contributed by atoms with E-state index in [-0.39, 0.29) is 5.91 Å². The highest BCUT2D eigenvalue weighted by Crippen LogP contribution is 2.12. The minimum absolute atomic E-state index is 0.0239. The van der Waals surface area contributed by atoms with Gasteiger partial charge in [0, 0.05) is 17.2 Å². The summed E-state index contributed by atoms with van der Waals surface area (Å²) in [7, 11) is 0. The SMILES string of the molecule is O=C(NCC1CCNCC1)c1cc(Br)c[nH]1. The molecule has 1 fully saturated rings. The van der Waals surface area contributed by atoms with Crippen molar-refractivity contribution in [2.45, 2.75) is 12.8 Å². The molecule has 5 heteroatoms. The fourth-order valence-electron chi connectivity index (χ4n) is 1.92. The van der Waals surface area contributed by atoms with Crippen molar-refractivity contribution in [3.05, 3.63) is 22.4 Å². The second kappa shape index (κ2) is 5.50. The Balaban J connectivity index is 1.79. The second-order valence-corrected chi connectivity index (χ2v) is 5.05. The molecule has 0 bridgehead atoms. The van der Waals surface area contributed by atoms with Crippen LogP contribution >= 0.6 is 15.9 Å². The number of carbonyl (C=O) groups is 1. The average molecular weight is 286 g/mol. The molecule has 0 radical (unpaired) electrons. The number of hydrogen-bond donors (Lipinski definition) is 3. The second-order valence-electron chi connectivity index (χ2n) is 4.13. The van der Waals surface area contributed by atoms with Crippen LogP contribution in [-0.2, 0) is 0 Å². The largest absolute Gasteiger partial charge is 0.356 e. The van der Waals surface area contributed by atoms with E-state index in [0.29, 0.717) is 11.6 Å². The molecular formula is C11H16BrN3O. The van der Waals surface area contributed by atoms with Crippen molar-refractivity contribution in [2.75, 3.05) is 19.6 Å². The number of H-pyrrole nitrogens is 1. The molecule has 4 nitrogen and oxygen atoms in total. The summed E-state index contributed by atoms with van der Waals surface area (Å²) in [5.74, 6) is 0.591. The van der Waals surface area contributed by atoms with E-state index in [1.165, 1.54) is 0 Å². The van der Waals surface area contributed by atoms with Gasteiger partial charge >= 0.3 is 0 Å². The third-order valence-electron chi connectivity index (χ3n) is 2.90. The Morgan fingerprint density at radius 3 is 2.88 bits per heavy atom. The van der Waals surface area contributed by atoms with Crippen LogP contribution in [0.4, 0.5) is 0 Å². The standard InChI is InChI=1S/C11H16BrN3O/c12-9-5-10(14-7-9)11(16)15-6-8-1-3-13-4-2-8/h5,7-8,13-14H,1-4,6H2,(H,15,16). The summed E-state index contributed by atoms with van der Waals surface area (Å²) in [6.45, 7) is 2.90. The molecule has 0 unspecified atom stereocenters. The summed E-state index contributed by atoms with van der Waals surface area (Å²) in [5, 5.41) is 6.28. The number of piperidine rings is 1. The molecule has 0 aliphatic carbocycles. The fraction of sp³-hybridized carbons (Fsp3) is 0.545. The van der Waals surface area contributed by atoms with Gasteiger partial charge < -0.3 is 15.6 Å². The van der Waals surface area contributed by atoms with Crippen molar-refractivity contribution < 1.29 is 4.79 Å². The van der Waals surface area contributed by atoms with Crippen molar-refractivity contribution in [3.63, 3.8) is 0 Å². The maximum absolute atomic E-state index is 11.7. The molecule has 1 aliphatic heterocycles. The molecule has 3 N–H and O–H groups in total. The van der Waals surface area contributed by atoms with Gasteiger partial charge in [0.15, 0.2) is 0 Å². The molecule has 0 spiro atoms. The first-order chi connectivity index (χ1) is 7.75. The van der Waals surface area contributed by atoms with Gasteiger partial charge in [-0.3, -0.25) is 4.79 Å². The predicted octanol–water partition coefficient (Wildman–Crippen LogP) is 1.51. The fourth-order valence-corrected chi connectivity index (χ4v) is 2.26. The lowest BCUT2D eigenvalue weighted by atomic mass is 9.98. The third kappa shape index (κ3) is 3.09. The van der Waals surface area contributed by atoms with E-state index < -0.39 is 0 Å². The summed E-state index contributed by atoms with van der Waals surface area (Å²) in [5.41, 5.74) is 0.612. The topological polar surface area (TPSA) is 56.9 Å². The van der Waals surface area contributed by atoms with Crippen molar-refractivity contribution >= 4 is 21.8 Å². The molecule has 0 atom stereocenters. The van der Waals surface area contributed by atoms with E-state index in [0.717, 1.165) is 36.9 Å². The van der Waals surface area contributed by atoms with Gasteiger partial charge in [-0.15, -0.1) is 0 Å². The predicted molar refractivity (Wildman–Crippen MR) is 66.4 cm³/mol. The smallest absolute Gasteiger partial charge is 0.267 e. The van der Waals surface area contributed by atoms with E-state index in [4.69, 9.17) is 0 Å². The van der Waals surface area contributed by atoms with Gasteiger partial charge in [0.25, 0.3) is 5.91 Å². The molecule has 1 aromatic rings. The molecule has 0 aromatic carbocycles. The molecule has 1 saturated heterocycles. The zero-order valence-electron chi connectivity index (χ0n) is 9.05. The van der Waals surface area contributed by atoms with Gasteiger partial charge in [0.2, 0.25) is 0 Å². The normalized spacial score (nSPS) is 17.3. The van der Waals surface area contributed by atoms with E-state index in [1.54, 1.807) is 12.3 Å². The van der Waals surface area contributed by atoms with Crippen LogP contribution in [0.2, 0.25) is 0 Å². The highest BCUT2D eigenvalue weighted by atomic mass is 79.9. The molecule has 2 heterocycles. The Kier molecular flexibility index (Phi) is 4.01. The first kappa shape index (κ1) is 11.7. The minimum atomic E-state index is -0.0239. The van der Waals surface area contributed by atoms with Gasteiger partial charge in [-0.25, -0.2) is 0 Å². The molecule has 2 rings (SSSR count). The summed E-state index contributed by atoms with van der Waals surface area (Å²) < 4.78 is 0.902. The molecule has 88 valence electrons. The van der Waals surface area contributed by atoms with Crippen LogP contribution in [0.25, 0.3) is 0 Å². The molecule has 1 amide bonds. The first-order valence-corrected chi connectivity index (χ1v) is 6.38. The Hall–Kier alpha value is -0.810. The van der Waals surface area contributed by atoms with Crippen LogP contribution in [0, 0.1) is 5.92 Å². The first-order valence-electron chi connectivity index (χ1n) is 5.58. The molecule has 0 saturated carbocycles. The van der Waals surface area contributed by atoms with Crippen LogP contribution in [0.15, 0.2) is 16.7 Å². The highest BCUT2D eigenvalue weighted by molar-refractivity contribution is 9.10. The van der Waals surface area contributed by atoms with Gasteiger partial charge in [0.1, 0.15) is 5.69 Å². The Bertz CT molecular complexity index is 358. The van der Waals surface area contributed by atoms with Gasteiger partial charge in [-0.1, -0.05) is 0 Å². The summed E-state index contributed by atoms with van der Waals surface area (Å²) >= 11 is 3.31. The van der Waals surface area contributed by atoms with Gasteiger partial charge in [0.05, 0.1) is 0 Å². The van der Waals surface area contributed by atoms with Crippen LogP contribution in [0.1, 0.15) is 23.3 Å². The monoisotopic (exact) mass is 285 g/mol. The zero-order chi connectivity index (χ0) is 11.4. The average Bonchev–Trinajstić information content (AvgIpc) is 2.74. The van der Waals surface area contributed by atoms with Crippen LogP contribution in [0.5, 0.6) is 0 Å². The Morgan fingerprint density at radius 2 is 2.25 bits per heavy atom. The number of aromatic nitrogens is 1. The lowest BCUT2D eigenvalue weighted by molar-refractivity contribution is 0.0940. The maximum atomic E-state index is 11.7. The van der Waals surface area contributed by atoms with Crippen molar-refractivity contribution in [1.82, 2.24) is 15.6 Å². The zero-order valence-corrected chi connectivity index (χ0v) is 10.6. The van der Waals surface area contributed by atoms with Crippen LogP contribution in [0.3, 0.4) is 0 Å². The molecular weight excluding hydrogens is 270 g/mol. The number of rotatable bonds is 3. The van der Waals surface area contributed by atoms with Crippen molar-refractivity contribution in [3.8, 4) is 0 Å². The van der Waals surface area contributed by atoms with Crippen LogP contribution in [-0.4, -0.2) is 30.5 Å². The molecule has 1 aromatic heterocycles. The Labute approximate surface area is 103 Å². The summed E-state index contributed by atoms with van der Waals surface area (Å²) in [6, 6.07) is 1.79. The van der Waals surface area contributed by atoms with E-state index >= 15 is 0 Å². The Morgan fingerprint density at radius 1 is 1.50 bits per heavy atom. The number of carbonyl (C=O) groups excluding carboxylic acids is 1.